The van der Waals surface area contributed by atoms with Crippen molar-refractivity contribution in [2.45, 2.75) is 6.54 Å². The van der Waals surface area contributed by atoms with Crippen LogP contribution in [0.4, 0.5) is 5.13 Å². The summed E-state index contributed by atoms with van der Waals surface area (Å²) in [7, 11) is 0. The highest BCUT2D eigenvalue weighted by atomic mass is 35.5. The number of piperazine rings is 1. The number of carbonyl (C=O) groups excluding carboxylic acids is 2. The molecule has 0 aliphatic carbocycles. The van der Waals surface area contributed by atoms with E-state index in [1.165, 1.54) is 23.0 Å². The molecule has 3 aromatic rings. The third-order valence-electron chi connectivity index (χ3n) is 5.03. The van der Waals surface area contributed by atoms with E-state index in [-0.39, 0.29) is 11.8 Å². The summed E-state index contributed by atoms with van der Waals surface area (Å²) in [5, 5.41) is 5.42. The van der Waals surface area contributed by atoms with Gasteiger partial charge in [0.25, 0.3) is 11.8 Å². The molecule has 31 heavy (non-hydrogen) atoms. The third-order valence-corrected chi connectivity index (χ3v) is 6.53. The zero-order valence-corrected chi connectivity index (χ0v) is 18.9. The SMILES string of the molecule is O=C(Nc1nc(C(=O)N2CCN(Cc3ccccc3)CC2)cs1)c1ccc(Cl)c(Cl)c1. The van der Waals surface area contributed by atoms with Crippen molar-refractivity contribution < 1.29 is 9.59 Å². The lowest BCUT2D eigenvalue weighted by atomic mass is 10.2. The molecule has 0 unspecified atom stereocenters. The van der Waals surface area contributed by atoms with Crippen molar-refractivity contribution in [2.24, 2.45) is 0 Å². The fourth-order valence-electron chi connectivity index (χ4n) is 3.35. The van der Waals surface area contributed by atoms with Crippen LogP contribution in [0, 0.1) is 0 Å². The minimum atomic E-state index is -0.360. The molecule has 160 valence electrons. The van der Waals surface area contributed by atoms with Gasteiger partial charge in [-0.2, -0.15) is 0 Å². The summed E-state index contributed by atoms with van der Waals surface area (Å²) in [5.74, 6) is -0.480. The molecule has 0 spiro atoms. The molecule has 1 N–H and O–H groups in total. The molecule has 1 aliphatic heterocycles. The molecule has 1 aromatic heterocycles. The van der Waals surface area contributed by atoms with Gasteiger partial charge in [-0.15, -0.1) is 11.3 Å². The summed E-state index contributed by atoms with van der Waals surface area (Å²) < 4.78 is 0. The first-order valence-corrected chi connectivity index (χ1v) is 11.4. The number of thiazole rings is 1. The molecule has 1 saturated heterocycles. The van der Waals surface area contributed by atoms with Gasteiger partial charge < -0.3 is 4.90 Å². The maximum Gasteiger partial charge on any atom is 0.273 e. The van der Waals surface area contributed by atoms with E-state index in [0.29, 0.717) is 39.5 Å². The summed E-state index contributed by atoms with van der Waals surface area (Å²) >= 11 is 13.1. The average Bonchev–Trinajstić information content (AvgIpc) is 3.25. The number of benzene rings is 2. The fourth-order valence-corrected chi connectivity index (χ4v) is 4.33. The van der Waals surface area contributed by atoms with Gasteiger partial charge in [-0.05, 0) is 23.8 Å². The van der Waals surface area contributed by atoms with E-state index >= 15 is 0 Å². The van der Waals surface area contributed by atoms with E-state index in [0.717, 1.165) is 19.6 Å². The van der Waals surface area contributed by atoms with Gasteiger partial charge in [-0.1, -0.05) is 53.5 Å². The van der Waals surface area contributed by atoms with Crippen LogP contribution in [0.1, 0.15) is 26.4 Å². The lowest BCUT2D eigenvalue weighted by Crippen LogP contribution is -2.48. The predicted octanol–water partition coefficient (Wildman–Crippen LogP) is 4.66. The number of nitrogens with zero attached hydrogens (tertiary/aromatic N) is 3. The van der Waals surface area contributed by atoms with Crippen LogP contribution in [0.5, 0.6) is 0 Å². The van der Waals surface area contributed by atoms with Crippen LogP contribution >= 0.6 is 34.5 Å². The van der Waals surface area contributed by atoms with Crippen LogP contribution in [0.2, 0.25) is 10.0 Å². The summed E-state index contributed by atoms with van der Waals surface area (Å²) in [6.07, 6.45) is 0. The second-order valence-electron chi connectivity index (χ2n) is 7.17. The lowest BCUT2D eigenvalue weighted by Gasteiger charge is -2.34. The first-order chi connectivity index (χ1) is 15.0. The van der Waals surface area contributed by atoms with E-state index in [4.69, 9.17) is 23.2 Å². The minimum absolute atomic E-state index is 0.120. The number of anilines is 1. The quantitative estimate of drug-likeness (QED) is 0.583. The zero-order chi connectivity index (χ0) is 21.8. The number of hydrogen-bond acceptors (Lipinski definition) is 5. The zero-order valence-electron chi connectivity index (χ0n) is 16.6. The van der Waals surface area contributed by atoms with E-state index < -0.39 is 0 Å². The largest absolute Gasteiger partial charge is 0.335 e. The van der Waals surface area contributed by atoms with Crippen molar-refractivity contribution in [3.8, 4) is 0 Å². The van der Waals surface area contributed by atoms with Gasteiger partial charge >= 0.3 is 0 Å². The highest BCUT2D eigenvalue weighted by molar-refractivity contribution is 7.14. The van der Waals surface area contributed by atoms with Crippen molar-refractivity contribution in [2.75, 3.05) is 31.5 Å². The molecular formula is C22H20Cl2N4O2S. The number of rotatable bonds is 5. The molecule has 2 amide bonds. The number of nitrogens with one attached hydrogen (secondary N) is 1. The van der Waals surface area contributed by atoms with Crippen molar-refractivity contribution in [3.63, 3.8) is 0 Å². The summed E-state index contributed by atoms with van der Waals surface area (Å²) in [6, 6.07) is 14.9. The van der Waals surface area contributed by atoms with Gasteiger partial charge in [-0.25, -0.2) is 4.98 Å². The second-order valence-corrected chi connectivity index (χ2v) is 8.85. The van der Waals surface area contributed by atoms with Crippen molar-refractivity contribution in [3.05, 3.63) is 80.8 Å². The summed E-state index contributed by atoms with van der Waals surface area (Å²) in [4.78, 5) is 33.7. The molecule has 0 atom stereocenters. The predicted molar refractivity (Wildman–Crippen MR) is 124 cm³/mol. The lowest BCUT2D eigenvalue weighted by molar-refractivity contribution is 0.0623. The van der Waals surface area contributed by atoms with Crippen LogP contribution in [-0.2, 0) is 6.54 Å². The van der Waals surface area contributed by atoms with E-state index in [1.54, 1.807) is 22.4 Å². The van der Waals surface area contributed by atoms with Gasteiger partial charge in [-0.3, -0.25) is 19.8 Å². The fraction of sp³-hybridized carbons (Fsp3) is 0.227. The van der Waals surface area contributed by atoms with Gasteiger partial charge in [0.15, 0.2) is 5.13 Å². The summed E-state index contributed by atoms with van der Waals surface area (Å²) in [6.45, 7) is 3.80. The number of carbonyl (C=O) groups is 2. The smallest absolute Gasteiger partial charge is 0.273 e. The standard InChI is InChI=1S/C22H20Cl2N4O2S/c23-17-7-6-16(12-18(17)24)20(29)26-22-25-19(14-31-22)21(30)28-10-8-27(9-11-28)13-15-4-2-1-3-5-15/h1-7,12,14H,8-11,13H2,(H,25,26,29). The maximum atomic E-state index is 12.8. The number of amides is 2. The first-order valence-electron chi connectivity index (χ1n) is 9.77. The topological polar surface area (TPSA) is 65.5 Å². The van der Waals surface area contributed by atoms with Gasteiger partial charge in [0.1, 0.15) is 5.69 Å². The van der Waals surface area contributed by atoms with Crippen LogP contribution in [-0.4, -0.2) is 52.8 Å². The highest BCUT2D eigenvalue weighted by Crippen LogP contribution is 2.24. The molecule has 0 saturated carbocycles. The molecule has 4 rings (SSSR count). The van der Waals surface area contributed by atoms with Crippen molar-refractivity contribution >= 4 is 51.5 Å². The van der Waals surface area contributed by atoms with Gasteiger partial charge in [0.05, 0.1) is 10.0 Å². The second kappa shape index (κ2) is 9.78. The molecule has 1 fully saturated rings. The highest BCUT2D eigenvalue weighted by Gasteiger charge is 2.24. The van der Waals surface area contributed by atoms with Crippen LogP contribution in [0.15, 0.2) is 53.9 Å². The first kappa shape index (κ1) is 21.8. The van der Waals surface area contributed by atoms with Crippen molar-refractivity contribution in [1.29, 1.82) is 0 Å². The molecule has 9 heteroatoms. The van der Waals surface area contributed by atoms with Gasteiger partial charge in [0, 0.05) is 43.7 Å². The van der Waals surface area contributed by atoms with Crippen LogP contribution < -0.4 is 5.32 Å². The monoisotopic (exact) mass is 474 g/mol. The Bertz CT molecular complexity index is 1080. The molecule has 6 nitrogen and oxygen atoms in total. The number of halogens is 2. The van der Waals surface area contributed by atoms with E-state index in [1.807, 2.05) is 18.2 Å². The minimum Gasteiger partial charge on any atom is -0.335 e. The molecule has 1 aliphatic rings. The van der Waals surface area contributed by atoms with E-state index in [2.05, 4.69) is 27.3 Å². The number of hydrogen-bond donors (Lipinski definition) is 1. The molecule has 2 heterocycles. The Balaban J connectivity index is 1.32. The van der Waals surface area contributed by atoms with Crippen LogP contribution in [0.25, 0.3) is 0 Å². The Morgan fingerprint density at radius 3 is 2.45 bits per heavy atom. The third kappa shape index (κ3) is 5.43. The Morgan fingerprint density at radius 2 is 1.74 bits per heavy atom. The maximum absolute atomic E-state index is 12.8. The Morgan fingerprint density at radius 1 is 1.00 bits per heavy atom. The van der Waals surface area contributed by atoms with Gasteiger partial charge in [0.2, 0.25) is 0 Å². The molecule has 2 aromatic carbocycles. The van der Waals surface area contributed by atoms with E-state index in [9.17, 15) is 9.59 Å². The average molecular weight is 475 g/mol. The molecular weight excluding hydrogens is 455 g/mol. The number of aromatic nitrogens is 1. The Hall–Kier alpha value is -2.45. The van der Waals surface area contributed by atoms with Crippen LogP contribution in [0.3, 0.4) is 0 Å². The molecule has 0 radical (unpaired) electrons. The Kier molecular flexibility index (Phi) is 6.87. The normalized spacial score (nSPS) is 14.5. The molecule has 0 bridgehead atoms. The Labute approximate surface area is 194 Å². The summed E-state index contributed by atoms with van der Waals surface area (Å²) in [5.41, 5.74) is 1.97. The van der Waals surface area contributed by atoms with Crippen molar-refractivity contribution in [1.82, 2.24) is 14.8 Å².